The van der Waals surface area contributed by atoms with Gasteiger partial charge in [0.15, 0.2) is 0 Å². The van der Waals surface area contributed by atoms with Gasteiger partial charge in [0, 0.05) is 24.9 Å². The second-order valence-corrected chi connectivity index (χ2v) is 10.4. The summed E-state index contributed by atoms with van der Waals surface area (Å²) < 4.78 is 10.9. The molecular formula is C31H41NO4. The highest BCUT2D eigenvalue weighted by molar-refractivity contribution is 5.83. The van der Waals surface area contributed by atoms with Gasteiger partial charge in [-0.05, 0) is 68.2 Å². The van der Waals surface area contributed by atoms with E-state index >= 15 is 0 Å². The molecular weight excluding hydrogens is 450 g/mol. The predicted molar refractivity (Wildman–Crippen MR) is 145 cm³/mol. The standard InChI is InChI=1S/C31H41NO4/c1-22(2)30(34)36-29(20-26-14-10-18-32-21-26)35-28(33)19-24(4)12-8-11-23(3)15-16-27-25(5)13-9-17-31(27,6)7/h8,10-12,14-16,18-19,21-22,29H,9,13,17,20H2,1-7H3. The minimum atomic E-state index is -1.02. The summed E-state index contributed by atoms with van der Waals surface area (Å²) in [6, 6.07) is 3.63. The number of carbonyl (C=O) groups excluding carboxylic acids is 2. The summed E-state index contributed by atoms with van der Waals surface area (Å²) >= 11 is 0. The summed E-state index contributed by atoms with van der Waals surface area (Å²) in [5, 5.41) is 0. The summed E-state index contributed by atoms with van der Waals surface area (Å²) in [6.07, 6.45) is 17.7. The van der Waals surface area contributed by atoms with E-state index in [4.69, 9.17) is 9.47 Å². The normalized spacial score (nSPS) is 17.7. The van der Waals surface area contributed by atoms with E-state index < -0.39 is 18.2 Å². The van der Waals surface area contributed by atoms with Crippen molar-refractivity contribution >= 4 is 11.9 Å². The van der Waals surface area contributed by atoms with Crippen LogP contribution in [0.3, 0.4) is 0 Å². The molecule has 5 heteroatoms. The van der Waals surface area contributed by atoms with Crippen LogP contribution < -0.4 is 0 Å². The van der Waals surface area contributed by atoms with Gasteiger partial charge < -0.3 is 9.47 Å². The fourth-order valence-electron chi connectivity index (χ4n) is 4.11. The molecule has 1 unspecified atom stereocenters. The predicted octanol–water partition coefficient (Wildman–Crippen LogP) is 7.22. The van der Waals surface area contributed by atoms with Crippen molar-refractivity contribution in [3.8, 4) is 0 Å². The number of esters is 2. The quantitative estimate of drug-likeness (QED) is 0.150. The van der Waals surface area contributed by atoms with E-state index in [9.17, 15) is 9.59 Å². The van der Waals surface area contributed by atoms with Crippen LogP contribution in [0.4, 0.5) is 0 Å². The van der Waals surface area contributed by atoms with E-state index in [0.29, 0.717) is 0 Å². The number of rotatable bonds is 10. The van der Waals surface area contributed by atoms with Crippen molar-refractivity contribution in [2.75, 3.05) is 0 Å². The molecule has 1 aliphatic rings. The minimum Gasteiger partial charge on any atom is -0.425 e. The molecule has 5 nitrogen and oxygen atoms in total. The Morgan fingerprint density at radius 2 is 1.89 bits per heavy atom. The Bertz CT molecular complexity index is 1060. The van der Waals surface area contributed by atoms with Crippen molar-refractivity contribution in [2.24, 2.45) is 11.3 Å². The van der Waals surface area contributed by atoms with Crippen LogP contribution >= 0.6 is 0 Å². The van der Waals surface area contributed by atoms with Gasteiger partial charge in [-0.15, -0.1) is 0 Å². The van der Waals surface area contributed by atoms with Crippen LogP contribution in [0, 0.1) is 11.3 Å². The average molecular weight is 492 g/mol. The highest BCUT2D eigenvalue weighted by atomic mass is 16.7. The monoisotopic (exact) mass is 491 g/mol. The summed E-state index contributed by atoms with van der Waals surface area (Å²) in [6.45, 7) is 14.2. The second-order valence-electron chi connectivity index (χ2n) is 10.4. The number of allylic oxidation sites excluding steroid dienone is 9. The third-order valence-electron chi connectivity index (χ3n) is 6.21. The van der Waals surface area contributed by atoms with E-state index in [1.54, 1.807) is 32.3 Å². The summed E-state index contributed by atoms with van der Waals surface area (Å²) in [5.74, 6) is -1.31. The van der Waals surface area contributed by atoms with Gasteiger partial charge in [0.25, 0.3) is 6.29 Å². The molecule has 1 aliphatic carbocycles. The van der Waals surface area contributed by atoms with Crippen LogP contribution in [0.1, 0.15) is 73.3 Å². The zero-order valence-electron chi connectivity index (χ0n) is 22.8. The number of ether oxygens (including phenoxy) is 2. The zero-order chi connectivity index (χ0) is 26.7. The van der Waals surface area contributed by atoms with Gasteiger partial charge in [0.2, 0.25) is 0 Å². The van der Waals surface area contributed by atoms with Crippen LogP contribution in [0.15, 0.2) is 83.3 Å². The van der Waals surface area contributed by atoms with Gasteiger partial charge in [-0.3, -0.25) is 9.78 Å². The lowest BCUT2D eigenvalue weighted by Crippen LogP contribution is -2.28. The first-order valence-corrected chi connectivity index (χ1v) is 12.7. The summed E-state index contributed by atoms with van der Waals surface area (Å²) in [5.41, 5.74) is 5.79. The van der Waals surface area contributed by atoms with Crippen LogP contribution in [-0.2, 0) is 25.5 Å². The lowest BCUT2D eigenvalue weighted by molar-refractivity contribution is -0.186. The largest absolute Gasteiger partial charge is 0.425 e. The maximum absolute atomic E-state index is 12.5. The van der Waals surface area contributed by atoms with Crippen molar-refractivity contribution < 1.29 is 19.1 Å². The molecule has 1 aromatic rings. The van der Waals surface area contributed by atoms with Gasteiger partial charge in [-0.1, -0.05) is 75.3 Å². The number of aromatic nitrogens is 1. The van der Waals surface area contributed by atoms with Crippen molar-refractivity contribution in [1.29, 1.82) is 0 Å². The zero-order valence-corrected chi connectivity index (χ0v) is 22.8. The number of nitrogens with zero attached hydrogens (tertiary/aromatic N) is 1. The Balaban J connectivity index is 2.01. The Kier molecular flexibility index (Phi) is 11.1. The van der Waals surface area contributed by atoms with E-state index in [1.807, 2.05) is 31.2 Å². The highest BCUT2D eigenvalue weighted by Gasteiger charge is 2.26. The number of pyridine rings is 1. The molecule has 1 atom stereocenters. The number of hydrogen-bond donors (Lipinski definition) is 0. The van der Waals surface area contributed by atoms with Crippen molar-refractivity contribution in [3.05, 3.63) is 88.8 Å². The Labute approximate surface area is 216 Å². The molecule has 194 valence electrons. The Morgan fingerprint density at radius 3 is 2.53 bits per heavy atom. The first-order chi connectivity index (χ1) is 17.0. The molecule has 2 rings (SSSR count). The van der Waals surface area contributed by atoms with Gasteiger partial charge in [0.05, 0.1) is 5.92 Å². The van der Waals surface area contributed by atoms with Gasteiger partial charge in [0.1, 0.15) is 0 Å². The molecule has 0 spiro atoms. The smallest absolute Gasteiger partial charge is 0.334 e. The topological polar surface area (TPSA) is 65.5 Å². The van der Waals surface area contributed by atoms with Crippen molar-refractivity contribution in [3.63, 3.8) is 0 Å². The van der Waals surface area contributed by atoms with Crippen molar-refractivity contribution in [2.45, 2.75) is 80.4 Å². The van der Waals surface area contributed by atoms with Crippen LogP contribution in [0.2, 0.25) is 0 Å². The van der Waals surface area contributed by atoms with Gasteiger partial charge >= 0.3 is 11.9 Å². The van der Waals surface area contributed by atoms with E-state index in [1.165, 1.54) is 36.5 Å². The number of carbonyl (C=O) groups is 2. The van der Waals surface area contributed by atoms with Crippen LogP contribution in [-0.4, -0.2) is 23.2 Å². The van der Waals surface area contributed by atoms with E-state index in [-0.39, 0.29) is 17.8 Å². The molecule has 0 fully saturated rings. The van der Waals surface area contributed by atoms with E-state index in [2.05, 4.69) is 44.8 Å². The molecule has 0 aliphatic heterocycles. The molecule has 0 radical (unpaired) electrons. The highest BCUT2D eigenvalue weighted by Crippen LogP contribution is 2.40. The minimum absolute atomic E-state index is 0.215. The fraction of sp³-hybridized carbons (Fsp3) is 0.452. The molecule has 0 aromatic carbocycles. The maximum Gasteiger partial charge on any atom is 0.334 e. The molecule has 0 saturated heterocycles. The third kappa shape index (κ3) is 9.80. The van der Waals surface area contributed by atoms with Crippen LogP contribution in [0.5, 0.6) is 0 Å². The molecule has 1 heterocycles. The lowest BCUT2D eigenvalue weighted by Gasteiger charge is -2.32. The molecule has 0 amide bonds. The fourth-order valence-corrected chi connectivity index (χ4v) is 4.11. The van der Waals surface area contributed by atoms with Gasteiger partial charge in [-0.2, -0.15) is 0 Å². The van der Waals surface area contributed by atoms with Crippen molar-refractivity contribution in [1.82, 2.24) is 4.98 Å². The molecule has 1 aromatic heterocycles. The molecule has 36 heavy (non-hydrogen) atoms. The first-order valence-electron chi connectivity index (χ1n) is 12.7. The lowest BCUT2D eigenvalue weighted by atomic mass is 9.72. The van der Waals surface area contributed by atoms with Crippen LogP contribution in [0.25, 0.3) is 0 Å². The Morgan fingerprint density at radius 1 is 1.14 bits per heavy atom. The summed E-state index contributed by atoms with van der Waals surface area (Å²) in [4.78, 5) is 28.7. The maximum atomic E-state index is 12.5. The molecule has 0 saturated carbocycles. The number of hydrogen-bond acceptors (Lipinski definition) is 5. The second kappa shape index (κ2) is 13.8. The van der Waals surface area contributed by atoms with Gasteiger partial charge in [-0.25, -0.2) is 4.79 Å². The third-order valence-corrected chi connectivity index (χ3v) is 6.21. The molecule has 0 N–H and O–H groups in total. The summed E-state index contributed by atoms with van der Waals surface area (Å²) in [7, 11) is 0. The SMILES string of the molecule is CC(C=CC1=C(C)CCCC1(C)C)=CC=CC(C)=CC(=O)OC(Cc1cccnc1)OC(=O)C(C)C. The average Bonchev–Trinajstić information content (AvgIpc) is 2.78. The van der Waals surface area contributed by atoms with E-state index in [0.717, 1.165) is 16.7 Å². The first kappa shape index (κ1) is 29.0. The Hall–Kier alpha value is -3.21. The molecule has 0 bridgehead atoms.